The number of ether oxygens (including phenoxy) is 1. The van der Waals surface area contributed by atoms with E-state index in [0.29, 0.717) is 19.6 Å². The summed E-state index contributed by atoms with van der Waals surface area (Å²) in [6.45, 7) is 5.42. The zero-order valence-corrected chi connectivity index (χ0v) is 13.2. The zero-order chi connectivity index (χ0) is 16.3. The van der Waals surface area contributed by atoms with Gasteiger partial charge in [0.15, 0.2) is 0 Å². The van der Waals surface area contributed by atoms with Crippen molar-refractivity contribution in [3.63, 3.8) is 0 Å². The molecule has 0 unspecified atom stereocenters. The number of nitrogens with zero attached hydrogens (tertiary/aromatic N) is 2. The molecule has 1 aromatic carbocycles. The number of carbonyl (C=O) groups is 2. The maximum absolute atomic E-state index is 12.2. The second-order valence-corrected chi connectivity index (χ2v) is 5.59. The summed E-state index contributed by atoms with van der Waals surface area (Å²) < 4.78 is 5.20. The van der Waals surface area contributed by atoms with E-state index < -0.39 is 5.97 Å². The van der Waals surface area contributed by atoms with Crippen LogP contribution in [0.5, 0.6) is 5.75 Å². The highest BCUT2D eigenvalue weighted by molar-refractivity contribution is 5.85. The van der Waals surface area contributed by atoms with Crippen LogP contribution >= 0.6 is 0 Å². The van der Waals surface area contributed by atoms with Crippen molar-refractivity contribution in [3.8, 4) is 5.75 Å². The van der Waals surface area contributed by atoms with E-state index in [1.807, 2.05) is 32.0 Å². The number of hydrogen-bond acceptors (Lipinski definition) is 4. The average molecular weight is 306 g/mol. The number of aryl methyl sites for hydroxylation is 1. The smallest absolute Gasteiger partial charge is 0.323 e. The molecule has 1 saturated heterocycles. The summed E-state index contributed by atoms with van der Waals surface area (Å²) in [4.78, 5) is 26.5. The molecule has 22 heavy (non-hydrogen) atoms. The highest BCUT2D eigenvalue weighted by atomic mass is 16.5. The van der Waals surface area contributed by atoms with Crippen LogP contribution in [0.2, 0.25) is 0 Å². The predicted octanol–water partition coefficient (Wildman–Crippen LogP) is 1.12. The summed E-state index contributed by atoms with van der Waals surface area (Å²) in [6.07, 6.45) is 0. The van der Waals surface area contributed by atoms with Crippen molar-refractivity contribution in [2.75, 3.05) is 26.7 Å². The highest BCUT2D eigenvalue weighted by Gasteiger charge is 2.32. The Morgan fingerprint density at radius 2 is 2.14 bits per heavy atom. The number of aliphatic carboxylic acids is 1. The van der Waals surface area contributed by atoms with Crippen LogP contribution in [0.3, 0.4) is 0 Å². The third-order valence-corrected chi connectivity index (χ3v) is 4.12. The number of hydrogen-bond donors (Lipinski definition) is 1. The lowest BCUT2D eigenvalue weighted by molar-refractivity contribution is -0.150. The molecule has 0 radical (unpaired) electrons. The van der Waals surface area contributed by atoms with E-state index in [1.54, 1.807) is 7.11 Å². The van der Waals surface area contributed by atoms with Crippen molar-refractivity contribution < 1.29 is 19.4 Å². The lowest BCUT2D eigenvalue weighted by atomic mass is 10.1. The van der Waals surface area contributed by atoms with Crippen molar-refractivity contribution in [3.05, 3.63) is 29.3 Å². The number of methoxy groups -OCH3 is 1. The fourth-order valence-electron chi connectivity index (χ4n) is 2.70. The van der Waals surface area contributed by atoms with E-state index >= 15 is 0 Å². The third kappa shape index (κ3) is 3.57. The molecule has 0 aromatic heterocycles. The Balaban J connectivity index is 2.05. The number of carbonyl (C=O) groups excluding carboxylic acids is 1. The van der Waals surface area contributed by atoms with Gasteiger partial charge in [0.25, 0.3) is 0 Å². The van der Waals surface area contributed by atoms with Crippen molar-refractivity contribution in [1.82, 2.24) is 9.80 Å². The quantitative estimate of drug-likeness (QED) is 0.883. The summed E-state index contributed by atoms with van der Waals surface area (Å²) in [5.41, 5.74) is 2.26. The molecule has 0 spiro atoms. The van der Waals surface area contributed by atoms with Crippen LogP contribution in [0.25, 0.3) is 0 Å². The Labute approximate surface area is 130 Å². The fraction of sp³-hybridized carbons (Fsp3) is 0.500. The topological polar surface area (TPSA) is 70.1 Å². The fourth-order valence-corrected chi connectivity index (χ4v) is 2.70. The Bertz CT molecular complexity index is 573. The number of benzene rings is 1. The van der Waals surface area contributed by atoms with Crippen molar-refractivity contribution in [1.29, 1.82) is 0 Å². The lowest BCUT2D eigenvalue weighted by Gasteiger charge is -2.38. The van der Waals surface area contributed by atoms with E-state index in [4.69, 9.17) is 9.84 Å². The maximum Gasteiger partial charge on any atom is 0.323 e. The third-order valence-electron chi connectivity index (χ3n) is 4.12. The van der Waals surface area contributed by atoms with Crippen LogP contribution in [0.1, 0.15) is 18.1 Å². The Hall–Kier alpha value is -2.08. The molecular formula is C16H22N2O4. The predicted molar refractivity (Wildman–Crippen MR) is 81.8 cm³/mol. The molecule has 1 aliphatic rings. The van der Waals surface area contributed by atoms with Gasteiger partial charge in [-0.1, -0.05) is 6.07 Å². The number of piperazine rings is 1. The molecule has 120 valence electrons. The number of carboxylic acids is 1. The first-order valence-corrected chi connectivity index (χ1v) is 7.30. The summed E-state index contributed by atoms with van der Waals surface area (Å²) in [5.74, 6) is -0.281. The first-order chi connectivity index (χ1) is 10.4. The van der Waals surface area contributed by atoms with Gasteiger partial charge in [-0.15, -0.1) is 0 Å². The van der Waals surface area contributed by atoms with Gasteiger partial charge in [0.05, 0.1) is 13.2 Å². The average Bonchev–Trinajstić information content (AvgIpc) is 2.48. The standard InChI is InChI=1S/C16H22N2O4/c1-11-8-14(22-3)5-4-13(11)9-17-6-7-18(10-15(19)20)16(21)12(17)2/h4-5,8,12H,6-7,9-10H2,1-3H3,(H,19,20)/t12-/m0/s1. The van der Waals surface area contributed by atoms with E-state index in [0.717, 1.165) is 16.9 Å². The van der Waals surface area contributed by atoms with Gasteiger partial charge >= 0.3 is 5.97 Å². The molecule has 6 heteroatoms. The number of rotatable bonds is 5. The van der Waals surface area contributed by atoms with Crippen LogP contribution in [-0.2, 0) is 16.1 Å². The molecular weight excluding hydrogens is 284 g/mol. The molecule has 2 rings (SSSR count). The van der Waals surface area contributed by atoms with Crippen LogP contribution in [0.15, 0.2) is 18.2 Å². The van der Waals surface area contributed by atoms with Gasteiger partial charge in [-0.3, -0.25) is 14.5 Å². The Morgan fingerprint density at radius 3 is 2.73 bits per heavy atom. The lowest BCUT2D eigenvalue weighted by Crippen LogP contribution is -2.56. The zero-order valence-electron chi connectivity index (χ0n) is 13.2. The van der Waals surface area contributed by atoms with Crippen LogP contribution in [0, 0.1) is 6.92 Å². The molecule has 1 fully saturated rings. The first kappa shape index (κ1) is 16.3. The van der Waals surface area contributed by atoms with Gasteiger partial charge < -0.3 is 14.7 Å². The van der Waals surface area contributed by atoms with Crippen molar-refractivity contribution in [2.45, 2.75) is 26.4 Å². The minimum absolute atomic E-state index is 0.125. The number of amides is 1. The van der Waals surface area contributed by atoms with Gasteiger partial charge in [0.2, 0.25) is 5.91 Å². The van der Waals surface area contributed by atoms with Gasteiger partial charge in [-0.05, 0) is 37.1 Å². The van der Waals surface area contributed by atoms with Gasteiger partial charge in [0, 0.05) is 19.6 Å². The van der Waals surface area contributed by atoms with Gasteiger partial charge in [-0.2, -0.15) is 0 Å². The molecule has 1 N–H and O–H groups in total. The Morgan fingerprint density at radius 1 is 1.41 bits per heavy atom. The molecule has 0 aliphatic carbocycles. The summed E-state index contributed by atoms with van der Waals surface area (Å²) in [7, 11) is 1.64. The summed E-state index contributed by atoms with van der Waals surface area (Å²) in [5, 5.41) is 8.84. The normalized spacial score (nSPS) is 19.3. The second-order valence-electron chi connectivity index (χ2n) is 5.59. The second kappa shape index (κ2) is 6.79. The molecule has 1 amide bonds. The van der Waals surface area contributed by atoms with E-state index in [1.165, 1.54) is 4.90 Å². The van der Waals surface area contributed by atoms with Crippen LogP contribution in [-0.4, -0.2) is 59.6 Å². The maximum atomic E-state index is 12.2. The van der Waals surface area contributed by atoms with Crippen LogP contribution < -0.4 is 4.74 Å². The highest BCUT2D eigenvalue weighted by Crippen LogP contribution is 2.21. The van der Waals surface area contributed by atoms with Crippen molar-refractivity contribution in [2.24, 2.45) is 0 Å². The number of carboxylic acid groups (broad SMARTS) is 1. The van der Waals surface area contributed by atoms with Crippen LogP contribution in [0.4, 0.5) is 0 Å². The van der Waals surface area contributed by atoms with E-state index in [-0.39, 0.29) is 18.5 Å². The molecule has 1 atom stereocenters. The van der Waals surface area contributed by atoms with Gasteiger partial charge in [0.1, 0.15) is 12.3 Å². The van der Waals surface area contributed by atoms with Gasteiger partial charge in [-0.25, -0.2) is 0 Å². The first-order valence-electron chi connectivity index (χ1n) is 7.30. The van der Waals surface area contributed by atoms with Crippen molar-refractivity contribution >= 4 is 11.9 Å². The van der Waals surface area contributed by atoms with E-state index in [9.17, 15) is 9.59 Å². The SMILES string of the molecule is COc1ccc(CN2CCN(CC(=O)O)C(=O)[C@@H]2C)c(C)c1. The molecule has 1 aliphatic heterocycles. The molecule has 1 heterocycles. The largest absolute Gasteiger partial charge is 0.497 e. The molecule has 0 bridgehead atoms. The monoisotopic (exact) mass is 306 g/mol. The molecule has 1 aromatic rings. The minimum Gasteiger partial charge on any atom is -0.497 e. The molecule has 0 saturated carbocycles. The summed E-state index contributed by atoms with van der Waals surface area (Å²) >= 11 is 0. The van der Waals surface area contributed by atoms with E-state index in [2.05, 4.69) is 4.90 Å². The molecule has 6 nitrogen and oxygen atoms in total. The summed E-state index contributed by atoms with van der Waals surface area (Å²) in [6, 6.07) is 5.59. The Kier molecular flexibility index (Phi) is 5.03. The minimum atomic E-state index is -0.972.